The minimum atomic E-state index is 0.780. The van der Waals surface area contributed by atoms with Crippen LogP contribution in [0, 0.1) is 5.92 Å². The Morgan fingerprint density at radius 3 is 2.79 bits per heavy atom. The molecule has 0 aromatic carbocycles. The van der Waals surface area contributed by atoms with Gasteiger partial charge in [-0.3, -0.25) is 0 Å². The zero-order valence-electron chi connectivity index (χ0n) is 9.60. The van der Waals surface area contributed by atoms with Gasteiger partial charge in [0.05, 0.1) is 0 Å². The number of rotatable bonds is 5. The van der Waals surface area contributed by atoms with Crippen molar-refractivity contribution in [3.05, 3.63) is 12.7 Å². The standard InChI is InChI=1S/C13H25N/c1-3-5-9-12-10-7-6-8-11-13(12)14-4-2/h3,12-14H,1,4-11H2,2H3. The van der Waals surface area contributed by atoms with E-state index in [1.165, 1.54) is 44.9 Å². The second-order valence-corrected chi connectivity index (χ2v) is 4.43. The van der Waals surface area contributed by atoms with Crippen molar-refractivity contribution >= 4 is 0 Å². The average molecular weight is 195 g/mol. The molecule has 2 atom stereocenters. The zero-order valence-corrected chi connectivity index (χ0v) is 9.60. The number of hydrogen-bond acceptors (Lipinski definition) is 1. The van der Waals surface area contributed by atoms with Crippen LogP contribution in [0.2, 0.25) is 0 Å². The monoisotopic (exact) mass is 195 g/mol. The van der Waals surface area contributed by atoms with Crippen LogP contribution < -0.4 is 5.32 Å². The summed E-state index contributed by atoms with van der Waals surface area (Å²) in [5, 5.41) is 3.65. The number of hydrogen-bond donors (Lipinski definition) is 1. The molecule has 1 aliphatic rings. The fourth-order valence-corrected chi connectivity index (χ4v) is 2.59. The van der Waals surface area contributed by atoms with Crippen molar-refractivity contribution in [2.75, 3.05) is 6.54 Å². The molecule has 0 heterocycles. The van der Waals surface area contributed by atoms with Gasteiger partial charge in [-0.15, -0.1) is 6.58 Å². The maximum absolute atomic E-state index is 3.82. The van der Waals surface area contributed by atoms with Crippen LogP contribution in [0.4, 0.5) is 0 Å². The molecule has 2 unspecified atom stereocenters. The van der Waals surface area contributed by atoms with Gasteiger partial charge >= 0.3 is 0 Å². The summed E-state index contributed by atoms with van der Waals surface area (Å²) in [5.74, 6) is 0.899. The van der Waals surface area contributed by atoms with Crippen molar-refractivity contribution in [3.8, 4) is 0 Å². The molecule has 1 rings (SSSR count). The van der Waals surface area contributed by atoms with E-state index >= 15 is 0 Å². The maximum atomic E-state index is 3.82. The molecule has 0 aromatic rings. The van der Waals surface area contributed by atoms with Crippen LogP contribution in [0.1, 0.15) is 51.9 Å². The van der Waals surface area contributed by atoms with E-state index in [0.29, 0.717) is 0 Å². The summed E-state index contributed by atoms with van der Waals surface area (Å²) in [4.78, 5) is 0. The van der Waals surface area contributed by atoms with Crippen molar-refractivity contribution in [2.45, 2.75) is 57.9 Å². The van der Waals surface area contributed by atoms with Crippen LogP contribution in [0.25, 0.3) is 0 Å². The molecule has 1 nitrogen and oxygen atoms in total. The van der Waals surface area contributed by atoms with Gasteiger partial charge in [-0.1, -0.05) is 32.3 Å². The second kappa shape index (κ2) is 7.05. The lowest BCUT2D eigenvalue weighted by molar-refractivity contribution is 0.323. The van der Waals surface area contributed by atoms with Crippen LogP contribution in [-0.2, 0) is 0 Å². The van der Waals surface area contributed by atoms with E-state index in [9.17, 15) is 0 Å². The fraction of sp³-hybridized carbons (Fsp3) is 0.846. The first-order valence-electron chi connectivity index (χ1n) is 6.22. The van der Waals surface area contributed by atoms with E-state index in [-0.39, 0.29) is 0 Å². The molecule has 0 aromatic heterocycles. The van der Waals surface area contributed by atoms with Crippen molar-refractivity contribution in [1.82, 2.24) is 5.32 Å². The Morgan fingerprint density at radius 1 is 1.29 bits per heavy atom. The maximum Gasteiger partial charge on any atom is 0.00953 e. The molecule has 14 heavy (non-hydrogen) atoms. The predicted octanol–water partition coefficient (Wildman–Crippen LogP) is 3.51. The van der Waals surface area contributed by atoms with Gasteiger partial charge in [-0.05, 0) is 38.1 Å². The van der Waals surface area contributed by atoms with E-state index in [1.807, 2.05) is 0 Å². The molecular weight excluding hydrogens is 170 g/mol. The van der Waals surface area contributed by atoms with Crippen molar-refractivity contribution < 1.29 is 0 Å². The number of nitrogens with one attached hydrogen (secondary N) is 1. The van der Waals surface area contributed by atoms with Crippen LogP contribution >= 0.6 is 0 Å². The SMILES string of the molecule is C=CCCC1CCCCCC1NCC. The highest BCUT2D eigenvalue weighted by atomic mass is 14.9. The third-order valence-electron chi connectivity index (χ3n) is 3.37. The highest BCUT2D eigenvalue weighted by Gasteiger charge is 2.21. The molecule has 0 radical (unpaired) electrons. The summed E-state index contributed by atoms with van der Waals surface area (Å²) in [6.45, 7) is 7.16. The van der Waals surface area contributed by atoms with E-state index in [2.05, 4.69) is 24.9 Å². The average Bonchev–Trinajstić information content (AvgIpc) is 2.41. The molecule has 1 fully saturated rings. The molecule has 0 bridgehead atoms. The molecule has 1 heteroatoms. The first kappa shape index (κ1) is 11.8. The summed E-state index contributed by atoms with van der Waals surface area (Å²) >= 11 is 0. The van der Waals surface area contributed by atoms with Crippen molar-refractivity contribution in [3.63, 3.8) is 0 Å². The molecule has 1 saturated carbocycles. The summed E-state index contributed by atoms with van der Waals surface area (Å²) < 4.78 is 0. The first-order chi connectivity index (χ1) is 6.88. The zero-order chi connectivity index (χ0) is 10.2. The third kappa shape index (κ3) is 3.83. The highest BCUT2D eigenvalue weighted by molar-refractivity contribution is 4.81. The number of allylic oxidation sites excluding steroid dienone is 1. The van der Waals surface area contributed by atoms with Gasteiger partial charge in [0.25, 0.3) is 0 Å². The molecular formula is C13H25N. The van der Waals surface area contributed by atoms with Crippen LogP contribution in [0.15, 0.2) is 12.7 Å². The van der Waals surface area contributed by atoms with Gasteiger partial charge in [0.1, 0.15) is 0 Å². The molecule has 82 valence electrons. The lowest BCUT2D eigenvalue weighted by atomic mass is 9.90. The Hall–Kier alpha value is -0.300. The minimum Gasteiger partial charge on any atom is -0.314 e. The molecule has 0 saturated heterocycles. The van der Waals surface area contributed by atoms with Gasteiger partial charge in [0, 0.05) is 6.04 Å². The van der Waals surface area contributed by atoms with Crippen LogP contribution in [0.5, 0.6) is 0 Å². The molecule has 1 N–H and O–H groups in total. The third-order valence-corrected chi connectivity index (χ3v) is 3.37. The van der Waals surface area contributed by atoms with E-state index in [1.54, 1.807) is 0 Å². The van der Waals surface area contributed by atoms with Crippen LogP contribution in [0.3, 0.4) is 0 Å². The van der Waals surface area contributed by atoms with Gasteiger partial charge in [0.2, 0.25) is 0 Å². The lowest BCUT2D eigenvalue weighted by Gasteiger charge is -2.25. The largest absolute Gasteiger partial charge is 0.314 e. The van der Waals surface area contributed by atoms with Gasteiger partial charge < -0.3 is 5.32 Å². The highest BCUT2D eigenvalue weighted by Crippen LogP contribution is 2.27. The summed E-state index contributed by atoms with van der Waals surface area (Å²) in [5.41, 5.74) is 0. The summed E-state index contributed by atoms with van der Waals surface area (Å²) in [6, 6.07) is 0.780. The molecule has 1 aliphatic carbocycles. The fourth-order valence-electron chi connectivity index (χ4n) is 2.59. The van der Waals surface area contributed by atoms with E-state index in [4.69, 9.17) is 0 Å². The Balaban J connectivity index is 2.40. The predicted molar refractivity (Wildman–Crippen MR) is 63.5 cm³/mol. The molecule has 0 aliphatic heterocycles. The lowest BCUT2D eigenvalue weighted by Crippen LogP contribution is -2.35. The smallest absolute Gasteiger partial charge is 0.00953 e. The van der Waals surface area contributed by atoms with Gasteiger partial charge in [0.15, 0.2) is 0 Å². The summed E-state index contributed by atoms with van der Waals surface area (Å²) in [7, 11) is 0. The first-order valence-corrected chi connectivity index (χ1v) is 6.22. The van der Waals surface area contributed by atoms with Gasteiger partial charge in [-0.2, -0.15) is 0 Å². The van der Waals surface area contributed by atoms with Crippen molar-refractivity contribution in [1.29, 1.82) is 0 Å². The Morgan fingerprint density at radius 2 is 2.07 bits per heavy atom. The topological polar surface area (TPSA) is 12.0 Å². The normalized spacial score (nSPS) is 28.4. The van der Waals surface area contributed by atoms with E-state index in [0.717, 1.165) is 18.5 Å². The van der Waals surface area contributed by atoms with Gasteiger partial charge in [-0.25, -0.2) is 0 Å². The Labute approximate surface area is 89.0 Å². The Kier molecular flexibility index (Phi) is 5.93. The molecule has 0 spiro atoms. The molecule has 0 amide bonds. The van der Waals surface area contributed by atoms with Crippen LogP contribution in [-0.4, -0.2) is 12.6 Å². The Bertz CT molecular complexity index is 153. The summed E-state index contributed by atoms with van der Waals surface area (Å²) in [6.07, 6.45) is 11.7. The van der Waals surface area contributed by atoms with Crippen molar-refractivity contribution in [2.24, 2.45) is 5.92 Å². The quantitative estimate of drug-likeness (QED) is 0.523. The minimum absolute atomic E-state index is 0.780. The van der Waals surface area contributed by atoms with E-state index < -0.39 is 0 Å². The second-order valence-electron chi connectivity index (χ2n) is 4.43.